The summed E-state index contributed by atoms with van der Waals surface area (Å²) in [6.45, 7) is 1.59. The van der Waals surface area contributed by atoms with Crippen molar-refractivity contribution in [2.24, 2.45) is 0 Å². The van der Waals surface area contributed by atoms with E-state index in [9.17, 15) is 4.79 Å². The molecule has 0 N–H and O–H groups in total. The van der Waals surface area contributed by atoms with Crippen LogP contribution in [0.2, 0.25) is 0 Å². The summed E-state index contributed by atoms with van der Waals surface area (Å²) in [6, 6.07) is 7.24. The normalized spacial score (nSPS) is 14.0. The summed E-state index contributed by atoms with van der Waals surface area (Å²) in [6.07, 6.45) is 4.96. The molecule has 1 aromatic carbocycles. The molecule has 0 bridgehead atoms. The molecule has 1 aromatic heterocycles. The fourth-order valence-electron chi connectivity index (χ4n) is 3.29. The number of hydrogen-bond acceptors (Lipinski definition) is 5. The Morgan fingerprint density at radius 2 is 1.65 bits per heavy atom. The predicted molar refractivity (Wildman–Crippen MR) is 99.1 cm³/mol. The van der Waals surface area contributed by atoms with E-state index < -0.39 is 0 Å². The summed E-state index contributed by atoms with van der Waals surface area (Å²) in [5, 5.41) is 0. The van der Waals surface area contributed by atoms with Crippen LogP contribution in [-0.2, 0) is 0 Å². The highest BCUT2D eigenvalue weighted by atomic mass is 16.5. The van der Waals surface area contributed by atoms with Gasteiger partial charge >= 0.3 is 0 Å². The second kappa shape index (κ2) is 8.08. The standard InChI is InChI=1S/C20H24N2O4/c1-24-16-12-14(13-17(25-2)19(16)26-3)18-15(8-7-9-21-18)20(23)22-10-5-4-6-11-22/h7-9,12-13H,4-6,10-11H2,1-3H3. The molecule has 6 nitrogen and oxygen atoms in total. The van der Waals surface area contributed by atoms with E-state index in [1.54, 1.807) is 33.6 Å². The lowest BCUT2D eigenvalue weighted by molar-refractivity contribution is 0.0725. The van der Waals surface area contributed by atoms with Gasteiger partial charge in [-0.1, -0.05) is 0 Å². The van der Waals surface area contributed by atoms with Gasteiger partial charge in [0.25, 0.3) is 5.91 Å². The van der Waals surface area contributed by atoms with Gasteiger partial charge in [-0.3, -0.25) is 9.78 Å². The van der Waals surface area contributed by atoms with Gasteiger partial charge < -0.3 is 19.1 Å². The highest BCUT2D eigenvalue weighted by Gasteiger charge is 2.23. The molecule has 26 heavy (non-hydrogen) atoms. The van der Waals surface area contributed by atoms with Crippen molar-refractivity contribution in [3.63, 3.8) is 0 Å². The lowest BCUT2D eigenvalue weighted by atomic mass is 10.0. The van der Waals surface area contributed by atoms with E-state index in [-0.39, 0.29) is 5.91 Å². The van der Waals surface area contributed by atoms with E-state index in [0.717, 1.165) is 31.5 Å². The number of pyridine rings is 1. The number of likely N-dealkylation sites (tertiary alicyclic amines) is 1. The Bertz CT molecular complexity index is 760. The lowest BCUT2D eigenvalue weighted by Gasteiger charge is -2.27. The van der Waals surface area contributed by atoms with Crippen LogP contribution < -0.4 is 14.2 Å². The number of ether oxygens (including phenoxy) is 3. The van der Waals surface area contributed by atoms with Gasteiger partial charge in [-0.2, -0.15) is 0 Å². The summed E-state index contributed by atoms with van der Waals surface area (Å²) in [7, 11) is 4.70. The van der Waals surface area contributed by atoms with Crippen LogP contribution in [0.3, 0.4) is 0 Å². The Kier molecular flexibility index (Phi) is 5.61. The third-order valence-corrected chi connectivity index (χ3v) is 4.62. The van der Waals surface area contributed by atoms with Crippen molar-refractivity contribution in [1.82, 2.24) is 9.88 Å². The fraction of sp³-hybridized carbons (Fsp3) is 0.400. The maximum atomic E-state index is 13.0. The zero-order valence-electron chi connectivity index (χ0n) is 15.4. The number of nitrogens with zero attached hydrogens (tertiary/aromatic N) is 2. The van der Waals surface area contributed by atoms with Gasteiger partial charge in [-0.15, -0.1) is 0 Å². The van der Waals surface area contributed by atoms with Gasteiger partial charge in [0.15, 0.2) is 11.5 Å². The van der Waals surface area contributed by atoms with Gasteiger partial charge in [0.1, 0.15) is 0 Å². The molecule has 1 saturated heterocycles. The van der Waals surface area contributed by atoms with E-state index in [1.165, 1.54) is 6.42 Å². The Morgan fingerprint density at radius 3 is 2.23 bits per heavy atom. The molecule has 1 aliphatic heterocycles. The largest absolute Gasteiger partial charge is 0.493 e. The first-order valence-electron chi connectivity index (χ1n) is 8.74. The number of carbonyl (C=O) groups excluding carboxylic acids is 1. The van der Waals surface area contributed by atoms with E-state index in [1.807, 2.05) is 23.1 Å². The fourth-order valence-corrected chi connectivity index (χ4v) is 3.29. The van der Waals surface area contributed by atoms with Gasteiger partial charge in [-0.05, 0) is 43.5 Å². The molecular formula is C20H24N2O4. The van der Waals surface area contributed by atoms with Crippen molar-refractivity contribution < 1.29 is 19.0 Å². The Labute approximate surface area is 153 Å². The molecule has 2 aromatic rings. The maximum Gasteiger partial charge on any atom is 0.256 e. The summed E-state index contributed by atoms with van der Waals surface area (Å²) in [5.41, 5.74) is 1.95. The number of hydrogen-bond donors (Lipinski definition) is 0. The zero-order valence-corrected chi connectivity index (χ0v) is 15.4. The second-order valence-corrected chi connectivity index (χ2v) is 6.17. The molecule has 138 valence electrons. The van der Waals surface area contributed by atoms with Crippen molar-refractivity contribution >= 4 is 5.91 Å². The molecule has 0 saturated carbocycles. The van der Waals surface area contributed by atoms with Gasteiger partial charge in [0, 0.05) is 24.8 Å². The van der Waals surface area contributed by atoms with Crippen LogP contribution >= 0.6 is 0 Å². The summed E-state index contributed by atoms with van der Waals surface area (Å²) >= 11 is 0. The highest BCUT2D eigenvalue weighted by molar-refractivity contribution is 6.00. The van der Waals surface area contributed by atoms with E-state index in [2.05, 4.69) is 4.98 Å². The van der Waals surface area contributed by atoms with Crippen molar-refractivity contribution in [2.45, 2.75) is 19.3 Å². The molecule has 3 rings (SSSR count). The second-order valence-electron chi connectivity index (χ2n) is 6.17. The molecule has 1 aliphatic rings. The molecule has 0 radical (unpaired) electrons. The van der Waals surface area contributed by atoms with Crippen molar-refractivity contribution in [1.29, 1.82) is 0 Å². The first kappa shape index (κ1) is 18.0. The minimum atomic E-state index is 0.0153. The molecule has 2 heterocycles. The van der Waals surface area contributed by atoms with Crippen LogP contribution in [0.25, 0.3) is 11.3 Å². The minimum Gasteiger partial charge on any atom is -0.493 e. The smallest absolute Gasteiger partial charge is 0.256 e. The molecule has 0 unspecified atom stereocenters. The monoisotopic (exact) mass is 356 g/mol. The summed E-state index contributed by atoms with van der Waals surface area (Å²) in [5.74, 6) is 1.59. The van der Waals surface area contributed by atoms with Crippen LogP contribution in [0.5, 0.6) is 17.2 Å². The van der Waals surface area contributed by atoms with Crippen LogP contribution in [0.1, 0.15) is 29.6 Å². The number of aromatic nitrogens is 1. The average Bonchev–Trinajstić information content (AvgIpc) is 2.72. The number of rotatable bonds is 5. The maximum absolute atomic E-state index is 13.0. The molecule has 0 aliphatic carbocycles. The molecule has 0 atom stereocenters. The van der Waals surface area contributed by atoms with Crippen molar-refractivity contribution in [3.8, 4) is 28.5 Å². The topological polar surface area (TPSA) is 60.9 Å². The molecule has 1 amide bonds. The van der Waals surface area contributed by atoms with E-state index >= 15 is 0 Å². The number of methoxy groups -OCH3 is 3. The number of carbonyl (C=O) groups is 1. The zero-order chi connectivity index (χ0) is 18.5. The summed E-state index contributed by atoms with van der Waals surface area (Å²) in [4.78, 5) is 19.4. The predicted octanol–water partition coefficient (Wildman–Crippen LogP) is 3.40. The van der Waals surface area contributed by atoms with E-state index in [4.69, 9.17) is 14.2 Å². The van der Waals surface area contributed by atoms with Gasteiger partial charge in [-0.25, -0.2) is 0 Å². The Balaban J connectivity index is 2.06. The van der Waals surface area contributed by atoms with Crippen LogP contribution in [0, 0.1) is 0 Å². The molecule has 6 heteroatoms. The number of piperidine rings is 1. The first-order chi connectivity index (χ1) is 12.7. The Hall–Kier alpha value is -2.76. The highest BCUT2D eigenvalue weighted by Crippen LogP contribution is 2.41. The lowest BCUT2D eigenvalue weighted by Crippen LogP contribution is -2.35. The molecular weight excluding hydrogens is 332 g/mol. The van der Waals surface area contributed by atoms with Crippen molar-refractivity contribution in [2.75, 3.05) is 34.4 Å². The first-order valence-corrected chi connectivity index (χ1v) is 8.74. The van der Waals surface area contributed by atoms with Crippen molar-refractivity contribution in [3.05, 3.63) is 36.0 Å². The third-order valence-electron chi connectivity index (χ3n) is 4.62. The number of amides is 1. The third kappa shape index (κ3) is 3.45. The number of benzene rings is 1. The molecule has 0 spiro atoms. The quantitative estimate of drug-likeness (QED) is 0.822. The van der Waals surface area contributed by atoms with Gasteiger partial charge in [0.05, 0.1) is 32.6 Å². The average molecular weight is 356 g/mol. The summed E-state index contributed by atoms with van der Waals surface area (Å²) < 4.78 is 16.2. The van der Waals surface area contributed by atoms with Crippen LogP contribution in [0.4, 0.5) is 0 Å². The van der Waals surface area contributed by atoms with Gasteiger partial charge in [0.2, 0.25) is 5.75 Å². The van der Waals surface area contributed by atoms with E-state index in [0.29, 0.717) is 28.5 Å². The minimum absolute atomic E-state index is 0.0153. The van der Waals surface area contributed by atoms with Crippen LogP contribution in [-0.4, -0.2) is 50.2 Å². The SMILES string of the molecule is COc1cc(-c2ncccc2C(=O)N2CCCCC2)cc(OC)c1OC. The Morgan fingerprint density at radius 1 is 1.00 bits per heavy atom. The molecule has 1 fully saturated rings. The van der Waals surface area contributed by atoms with Crippen LogP contribution in [0.15, 0.2) is 30.5 Å².